The molecule has 1 saturated heterocycles. The molecular weight excluding hydrogens is 327 g/mol. The fraction of sp³-hybridized carbons (Fsp3) is 0. The minimum absolute atomic E-state index is 0. The zero-order chi connectivity index (χ0) is 4.62. The van der Waals surface area contributed by atoms with E-state index in [1.165, 1.54) is 0 Å². The average molecular weight is 341 g/mol. The van der Waals surface area contributed by atoms with Crippen LogP contribution in [0.25, 0.3) is 0 Å². The first-order valence-electron chi connectivity index (χ1n) is 1.07. The van der Waals surface area contributed by atoms with E-state index in [-0.39, 0.29) is 38.3 Å². The number of hydrogen-bond donors (Lipinski definition) is 0. The van der Waals surface area contributed by atoms with Crippen LogP contribution in [0.4, 0.5) is 0 Å². The molecule has 13 heteroatoms. The van der Waals surface area contributed by atoms with Gasteiger partial charge in [0.2, 0.25) is 0 Å². The van der Waals surface area contributed by atoms with Gasteiger partial charge in [0.25, 0.3) is 0 Å². The fourth-order valence-corrected chi connectivity index (χ4v) is 1.80. The summed E-state index contributed by atoms with van der Waals surface area (Å²) in [6.07, 6.45) is 0. The molecule has 90 valence electrons. The van der Waals surface area contributed by atoms with Gasteiger partial charge in [0.1, 0.15) is 0 Å². The second kappa shape index (κ2) is 18.2. The Morgan fingerprint density at radius 3 is 0.846 bits per heavy atom. The zero-order valence-electron chi connectivity index (χ0n) is 6.04. The summed E-state index contributed by atoms with van der Waals surface area (Å²) in [7, 11) is -3.41. The van der Waals surface area contributed by atoms with Gasteiger partial charge in [-0.2, -0.15) is 0 Å². The molecule has 1 aliphatic rings. The summed E-state index contributed by atoms with van der Waals surface area (Å²) in [4.78, 5) is 0. The summed E-state index contributed by atoms with van der Waals surface area (Å²) in [6, 6.07) is 0. The average Bonchev–Trinajstić information content (AvgIpc) is 1.32. The van der Waals surface area contributed by atoms with Crippen LogP contribution in [0, 0.1) is 0 Å². The molecule has 0 aliphatic carbocycles. The van der Waals surface area contributed by atoms with Crippen molar-refractivity contribution in [3.05, 3.63) is 0 Å². The van der Waals surface area contributed by atoms with E-state index >= 15 is 0 Å². The van der Waals surface area contributed by atoms with Crippen molar-refractivity contribution < 1.29 is 51.8 Å². The molecule has 1 heterocycles. The van der Waals surface area contributed by atoms with Crippen molar-refractivity contribution in [1.29, 1.82) is 0 Å². The summed E-state index contributed by atoms with van der Waals surface area (Å²) in [5.74, 6) is 0. The van der Waals surface area contributed by atoms with E-state index in [0.29, 0.717) is 0 Å². The summed E-state index contributed by atoms with van der Waals surface area (Å²) in [5, 5.41) is 0. The Hall–Kier alpha value is 0.389. The third-order valence-corrected chi connectivity index (χ3v) is 5.48. The van der Waals surface area contributed by atoms with Crippen LogP contribution in [0.15, 0.2) is 0 Å². The van der Waals surface area contributed by atoms with E-state index in [9.17, 15) is 8.42 Å². The normalized spacial score (nSPS) is 13.2. The molecule has 11 nitrogen and oxygen atoms in total. The first kappa shape index (κ1) is 50.3. The van der Waals surface area contributed by atoms with Crippen LogP contribution in [0.2, 0.25) is 0 Å². The quantitative estimate of drug-likeness (QED) is 0.388. The second-order valence-electron chi connectivity index (χ2n) is 0.658. The Kier molecular flexibility index (Phi) is 70.6. The third-order valence-electron chi connectivity index (χ3n) is 0.272. The van der Waals surface area contributed by atoms with E-state index in [4.69, 9.17) is 0 Å². The van der Waals surface area contributed by atoms with Crippen LogP contribution in [0.1, 0.15) is 0 Å². The molecule has 0 aromatic heterocycles. The van der Waals surface area contributed by atoms with Crippen LogP contribution in [-0.4, -0.2) is 68.7 Å². The van der Waals surface area contributed by atoms with Crippen molar-refractivity contribution in [2.45, 2.75) is 0 Å². The summed E-state index contributed by atoms with van der Waals surface area (Å²) in [5.41, 5.74) is 0. The molecule has 0 amide bonds. The molecular formula is H14O11SSn. The molecule has 0 aromatic carbocycles. The zero-order valence-corrected chi connectivity index (χ0v) is 9.71. The molecule has 0 unspecified atom stereocenters. The Morgan fingerprint density at radius 2 is 0.846 bits per heavy atom. The summed E-state index contributed by atoms with van der Waals surface area (Å²) in [6.45, 7) is 0. The standard InChI is InChI=1S/H2O4S.7H2O.Sn/c1-5(2,3)4;;;;;;;;/h(H2,1,2,3,4);7*1H2;/q;;;;;;;;+2/p-2. The number of hydrogen-bond acceptors (Lipinski definition) is 4. The van der Waals surface area contributed by atoms with Gasteiger partial charge in [-0.1, -0.05) is 0 Å². The topological polar surface area (TPSA) is 273 Å². The maximum absolute atomic E-state index is 9.68. The monoisotopic (exact) mass is 342 g/mol. The molecule has 0 atom stereocenters. The SMILES string of the molecule is O.O.O.O.O.O.O.O=S1(=O)[O][Sn][O]1. The molecule has 0 bridgehead atoms. The molecule has 0 aromatic rings. The Morgan fingerprint density at radius 1 is 0.692 bits per heavy atom. The van der Waals surface area contributed by atoms with Gasteiger partial charge in [-0.3, -0.25) is 0 Å². The molecule has 13 heavy (non-hydrogen) atoms. The van der Waals surface area contributed by atoms with Gasteiger partial charge in [-0.25, -0.2) is 0 Å². The van der Waals surface area contributed by atoms with Crippen LogP contribution >= 0.6 is 0 Å². The Labute approximate surface area is 84.4 Å². The first-order chi connectivity index (χ1) is 2.71. The van der Waals surface area contributed by atoms with E-state index in [1.54, 1.807) is 0 Å². The number of rotatable bonds is 0. The maximum atomic E-state index is 9.68. The first-order valence-corrected chi connectivity index (χ1v) is 4.74. The van der Waals surface area contributed by atoms with Crippen LogP contribution in [0.3, 0.4) is 0 Å². The van der Waals surface area contributed by atoms with Gasteiger partial charge >= 0.3 is 45.8 Å². The van der Waals surface area contributed by atoms with E-state index in [2.05, 4.69) is 5.04 Å². The molecule has 1 fully saturated rings. The van der Waals surface area contributed by atoms with Gasteiger partial charge < -0.3 is 38.3 Å². The van der Waals surface area contributed by atoms with Crippen molar-refractivity contribution in [3.63, 3.8) is 0 Å². The van der Waals surface area contributed by atoms with Gasteiger partial charge in [0, 0.05) is 0 Å². The van der Waals surface area contributed by atoms with Gasteiger partial charge in [-0.15, -0.1) is 0 Å². The van der Waals surface area contributed by atoms with Gasteiger partial charge in [-0.05, 0) is 0 Å². The van der Waals surface area contributed by atoms with Crippen molar-refractivity contribution in [1.82, 2.24) is 0 Å². The van der Waals surface area contributed by atoms with Crippen molar-refractivity contribution in [2.24, 2.45) is 0 Å². The third kappa shape index (κ3) is 19.0. The van der Waals surface area contributed by atoms with E-state index in [1.807, 2.05) is 0 Å². The summed E-state index contributed by atoms with van der Waals surface area (Å²) < 4.78 is 27.4. The molecule has 1 rings (SSSR count). The molecule has 0 spiro atoms. The second-order valence-corrected chi connectivity index (χ2v) is 5.14. The fourth-order valence-electron chi connectivity index (χ4n) is 0.0896. The molecule has 2 radical (unpaired) electrons. The summed E-state index contributed by atoms with van der Waals surface area (Å²) >= 11 is -1.30. The van der Waals surface area contributed by atoms with Gasteiger partial charge in [0.15, 0.2) is 0 Å². The van der Waals surface area contributed by atoms with Gasteiger partial charge in [0.05, 0.1) is 0 Å². The molecule has 0 saturated carbocycles. The van der Waals surface area contributed by atoms with Crippen LogP contribution in [-0.2, 0) is 15.4 Å². The Balaban J connectivity index is -0.0000000103. The van der Waals surface area contributed by atoms with Crippen LogP contribution in [0.5, 0.6) is 0 Å². The predicted octanol–water partition coefficient (Wildman–Crippen LogP) is -6.96. The van der Waals surface area contributed by atoms with Crippen molar-refractivity contribution in [3.8, 4) is 0 Å². The molecule has 1 aliphatic heterocycles. The van der Waals surface area contributed by atoms with Crippen molar-refractivity contribution >= 4 is 32.4 Å². The van der Waals surface area contributed by atoms with E-state index < -0.39 is 32.4 Å². The Bertz CT molecular complexity index is 124. The predicted molar refractivity (Wildman–Crippen MR) is 42.1 cm³/mol. The molecule has 14 N–H and O–H groups in total. The van der Waals surface area contributed by atoms with E-state index in [0.717, 1.165) is 0 Å². The van der Waals surface area contributed by atoms with Crippen molar-refractivity contribution in [2.75, 3.05) is 0 Å². The minimum atomic E-state index is -3.41. The van der Waals surface area contributed by atoms with Crippen LogP contribution < -0.4 is 0 Å².